The number of rotatable bonds is 0. The van der Waals surface area contributed by atoms with E-state index in [9.17, 15) is 0 Å². The quantitative estimate of drug-likeness (QED) is 0.528. The molecule has 4 heteroatoms. The van der Waals surface area contributed by atoms with Crippen molar-refractivity contribution in [2.75, 3.05) is 0 Å². The van der Waals surface area contributed by atoms with Gasteiger partial charge in [0.25, 0.3) is 0 Å². The summed E-state index contributed by atoms with van der Waals surface area (Å²) < 4.78 is 0. The standard InChI is InChI=1S/3Cr.Sn. The van der Waals surface area contributed by atoms with Crippen LogP contribution in [0.5, 0.6) is 0 Å². The summed E-state index contributed by atoms with van der Waals surface area (Å²) in [6, 6.07) is 0. The molecule has 0 spiro atoms. The van der Waals surface area contributed by atoms with Crippen molar-refractivity contribution in [1.29, 1.82) is 0 Å². The van der Waals surface area contributed by atoms with Gasteiger partial charge in [0.2, 0.25) is 0 Å². The van der Waals surface area contributed by atoms with E-state index in [1.54, 1.807) is 0 Å². The Morgan fingerprint density at radius 2 is 0.500 bits per heavy atom. The van der Waals surface area contributed by atoms with Gasteiger partial charge in [-0.05, 0) is 0 Å². The van der Waals surface area contributed by atoms with Crippen LogP contribution in [0.1, 0.15) is 0 Å². The van der Waals surface area contributed by atoms with Gasteiger partial charge in [-0.25, -0.2) is 0 Å². The molecule has 0 rings (SSSR count). The fourth-order valence-electron chi connectivity index (χ4n) is 0. The van der Waals surface area contributed by atoms with E-state index < -0.39 is 0 Å². The molecule has 0 unspecified atom stereocenters. The maximum absolute atomic E-state index is 0. The van der Waals surface area contributed by atoms with Gasteiger partial charge in [-0.1, -0.05) is 0 Å². The first kappa shape index (κ1) is 32.4. The second kappa shape index (κ2) is 18.2. The zero-order valence-corrected chi connectivity index (χ0v) is 8.40. The van der Waals surface area contributed by atoms with Crippen molar-refractivity contribution in [3.8, 4) is 0 Å². The second-order valence-electron chi connectivity index (χ2n) is 0. The third kappa shape index (κ3) is 8.83. The molecule has 0 nitrogen and oxygen atoms in total. The van der Waals surface area contributed by atoms with Crippen LogP contribution < -0.4 is 0 Å². The van der Waals surface area contributed by atoms with Gasteiger partial charge in [0.05, 0.1) is 0 Å². The van der Waals surface area contributed by atoms with Gasteiger partial charge in [-0.15, -0.1) is 0 Å². The molecule has 0 saturated carbocycles. The topological polar surface area (TPSA) is 0 Å². The molecule has 0 aromatic rings. The molecule has 0 fully saturated rings. The first-order chi connectivity index (χ1) is 0. The van der Waals surface area contributed by atoms with E-state index in [1.165, 1.54) is 0 Å². The van der Waals surface area contributed by atoms with Crippen LogP contribution >= 0.6 is 0 Å². The molecule has 0 amide bonds. The number of hydrogen-bond acceptors (Lipinski definition) is 0. The molecule has 0 atom stereocenters. The molecule has 0 aliphatic rings. The van der Waals surface area contributed by atoms with E-state index in [4.69, 9.17) is 0 Å². The second-order valence-corrected chi connectivity index (χ2v) is 0. The maximum Gasteiger partial charge on any atom is 0 e. The monoisotopic (exact) mass is 276 g/mol. The minimum atomic E-state index is 0. The summed E-state index contributed by atoms with van der Waals surface area (Å²) in [5.41, 5.74) is 0. The molecule has 0 saturated heterocycles. The van der Waals surface area contributed by atoms with Crippen LogP contribution in [0.4, 0.5) is 0 Å². The van der Waals surface area contributed by atoms with Crippen LogP contribution in [0.3, 0.4) is 0 Å². The van der Waals surface area contributed by atoms with Crippen LogP contribution in [0.2, 0.25) is 0 Å². The summed E-state index contributed by atoms with van der Waals surface area (Å²) in [5, 5.41) is 0. The third-order valence-corrected chi connectivity index (χ3v) is 0. The first-order valence-electron chi connectivity index (χ1n) is 0. The minimum Gasteiger partial charge on any atom is 0 e. The van der Waals surface area contributed by atoms with Gasteiger partial charge in [-0.2, -0.15) is 0 Å². The van der Waals surface area contributed by atoms with E-state index in [-0.39, 0.29) is 76.0 Å². The number of hydrogen-bond donors (Lipinski definition) is 0. The van der Waals surface area contributed by atoms with Crippen molar-refractivity contribution < 1.29 is 52.1 Å². The van der Waals surface area contributed by atoms with E-state index in [1.807, 2.05) is 0 Å². The molecule has 0 heterocycles. The van der Waals surface area contributed by atoms with Gasteiger partial charge < -0.3 is 0 Å². The Hall–Kier alpha value is 2.40. The Kier molecular flexibility index (Phi) is 147. The van der Waals surface area contributed by atoms with Gasteiger partial charge in [-0.3, -0.25) is 0 Å². The maximum atomic E-state index is 0. The van der Waals surface area contributed by atoms with Gasteiger partial charge in [0.1, 0.15) is 0 Å². The Morgan fingerprint density at radius 3 is 0.500 bits per heavy atom. The predicted molar refractivity (Wildman–Crippen MR) is 5.75 cm³/mol. The van der Waals surface area contributed by atoms with Crippen molar-refractivity contribution in [3.63, 3.8) is 0 Å². The summed E-state index contributed by atoms with van der Waals surface area (Å²) in [4.78, 5) is 0. The molecule has 0 aromatic carbocycles. The smallest absolute Gasteiger partial charge is 0 e. The Bertz CT molecular complexity index is 3.25. The van der Waals surface area contributed by atoms with Crippen molar-refractivity contribution in [2.45, 2.75) is 0 Å². The molecule has 0 bridgehead atoms. The normalized spacial score (nSPS) is 0. The van der Waals surface area contributed by atoms with Gasteiger partial charge in [0.15, 0.2) is 0 Å². The fraction of sp³-hybridized carbons (Fsp3) is 0. The molecular weight excluding hydrogens is 275 g/mol. The largest absolute Gasteiger partial charge is 0 e. The SMILES string of the molecule is [Cr].[Cr].[Cr].[Sn]. The molecule has 0 aromatic heterocycles. The average molecular weight is 275 g/mol. The summed E-state index contributed by atoms with van der Waals surface area (Å²) in [7, 11) is 0. The van der Waals surface area contributed by atoms with Crippen LogP contribution in [-0.2, 0) is 52.1 Å². The Labute approximate surface area is 75.1 Å². The van der Waals surface area contributed by atoms with Crippen LogP contribution in [0.15, 0.2) is 0 Å². The van der Waals surface area contributed by atoms with E-state index in [0.29, 0.717) is 0 Å². The fourth-order valence-corrected chi connectivity index (χ4v) is 0. The first-order valence-corrected chi connectivity index (χ1v) is 0. The molecule has 0 aliphatic carbocycles. The summed E-state index contributed by atoms with van der Waals surface area (Å²) >= 11 is 0. The Balaban J connectivity index is 0. The van der Waals surface area contributed by atoms with Crippen molar-refractivity contribution >= 4 is 23.9 Å². The molecule has 4 radical (unpaired) electrons. The van der Waals surface area contributed by atoms with E-state index >= 15 is 0 Å². The molecule has 4 heavy (non-hydrogen) atoms. The third-order valence-electron chi connectivity index (χ3n) is 0. The van der Waals surface area contributed by atoms with Crippen LogP contribution in [0.25, 0.3) is 0 Å². The van der Waals surface area contributed by atoms with Crippen LogP contribution in [-0.4, -0.2) is 23.9 Å². The van der Waals surface area contributed by atoms with Crippen molar-refractivity contribution in [2.24, 2.45) is 0 Å². The van der Waals surface area contributed by atoms with Crippen molar-refractivity contribution in [1.82, 2.24) is 0 Å². The van der Waals surface area contributed by atoms with Gasteiger partial charge >= 0.3 is 0 Å². The zero-order valence-electron chi connectivity index (χ0n) is 1.72. The van der Waals surface area contributed by atoms with Crippen molar-refractivity contribution in [3.05, 3.63) is 0 Å². The molecule has 0 N–H and O–H groups in total. The summed E-state index contributed by atoms with van der Waals surface area (Å²) in [6.07, 6.45) is 0. The minimum absolute atomic E-state index is 0. The average Bonchev–Trinajstić information content (AvgIpc) is 0. The zero-order chi connectivity index (χ0) is 0. The van der Waals surface area contributed by atoms with Gasteiger partial charge in [0, 0.05) is 76.0 Å². The summed E-state index contributed by atoms with van der Waals surface area (Å²) in [5.74, 6) is 0. The predicted octanol–water partition coefficient (Wildman–Crippen LogP) is -0.388. The molecule has 0 aliphatic heterocycles. The molecular formula is Cr3Sn. The Morgan fingerprint density at radius 1 is 0.500 bits per heavy atom. The van der Waals surface area contributed by atoms with Crippen LogP contribution in [0, 0.1) is 0 Å². The van der Waals surface area contributed by atoms with E-state index in [0.717, 1.165) is 0 Å². The summed E-state index contributed by atoms with van der Waals surface area (Å²) in [6.45, 7) is 0. The molecule has 22 valence electrons. The van der Waals surface area contributed by atoms with E-state index in [2.05, 4.69) is 0 Å².